The van der Waals surface area contributed by atoms with E-state index in [9.17, 15) is 0 Å². The molecule has 222 valence electrons. The molecule has 0 saturated heterocycles. The molecule has 0 aromatic heterocycles. The van der Waals surface area contributed by atoms with E-state index in [4.69, 9.17) is 0 Å². The molecule has 8 aromatic carbocycles. The summed E-state index contributed by atoms with van der Waals surface area (Å²) in [5.41, 5.74) is 16.5. The Morgan fingerprint density at radius 2 is 0.979 bits per heavy atom. The van der Waals surface area contributed by atoms with E-state index < -0.39 is 0 Å². The Bertz CT molecular complexity index is 2540. The second-order valence-electron chi connectivity index (χ2n) is 14.0. The van der Waals surface area contributed by atoms with Gasteiger partial charge in [-0.25, -0.2) is 0 Å². The van der Waals surface area contributed by atoms with Crippen molar-refractivity contribution in [3.8, 4) is 44.5 Å². The lowest BCUT2D eigenvalue weighted by atomic mass is 9.79. The largest absolute Gasteiger partial charge is 0.0620 e. The number of aryl methyl sites for hydroxylation is 1. The van der Waals surface area contributed by atoms with Crippen LogP contribution in [-0.2, 0) is 18.3 Å². The lowest BCUT2D eigenvalue weighted by molar-refractivity contribution is 0.661. The zero-order valence-electron chi connectivity index (χ0n) is 26.8. The molecule has 0 unspecified atom stereocenters. The van der Waals surface area contributed by atoms with E-state index in [0.717, 1.165) is 12.8 Å². The van der Waals surface area contributed by atoms with Crippen LogP contribution in [0.15, 0.2) is 146 Å². The van der Waals surface area contributed by atoms with Crippen molar-refractivity contribution in [2.75, 3.05) is 0 Å². The molecule has 0 atom stereocenters. The van der Waals surface area contributed by atoms with Gasteiger partial charge >= 0.3 is 0 Å². The molecule has 0 spiro atoms. The van der Waals surface area contributed by atoms with Crippen molar-refractivity contribution in [2.24, 2.45) is 0 Å². The summed E-state index contributed by atoms with van der Waals surface area (Å²) >= 11 is 0. The standard InChI is InChI=1S/C47H34/c1-47(2)43-25-23-32(27-41(43)42-26-30-13-3-4-14-31(30)28-44(42)47)45-37-16-7-9-18-39(37)46(40-19-10-8-17-38(40)45)36-21-11-20-34-33-15-6-5-12-29(33)22-24-35(34)36/h3-21,23,25-28H,22,24H2,1-2H3. The first-order chi connectivity index (χ1) is 23.1. The van der Waals surface area contributed by atoms with Crippen molar-refractivity contribution >= 4 is 32.3 Å². The third-order valence-corrected chi connectivity index (χ3v) is 11.2. The van der Waals surface area contributed by atoms with Crippen molar-refractivity contribution in [2.45, 2.75) is 32.1 Å². The van der Waals surface area contributed by atoms with Crippen LogP contribution in [0.25, 0.3) is 76.8 Å². The lowest BCUT2D eigenvalue weighted by Crippen LogP contribution is -2.14. The van der Waals surface area contributed by atoms with Crippen LogP contribution in [0.3, 0.4) is 0 Å². The van der Waals surface area contributed by atoms with E-state index in [-0.39, 0.29) is 5.41 Å². The minimum Gasteiger partial charge on any atom is -0.0620 e. The highest BCUT2D eigenvalue weighted by Gasteiger charge is 2.36. The van der Waals surface area contributed by atoms with Gasteiger partial charge in [-0.1, -0.05) is 141 Å². The molecule has 0 saturated carbocycles. The second-order valence-corrected chi connectivity index (χ2v) is 14.0. The molecule has 0 radical (unpaired) electrons. The van der Waals surface area contributed by atoms with Gasteiger partial charge in [-0.3, -0.25) is 0 Å². The third-order valence-electron chi connectivity index (χ3n) is 11.2. The van der Waals surface area contributed by atoms with Crippen LogP contribution in [-0.4, -0.2) is 0 Å². The Morgan fingerprint density at radius 1 is 0.404 bits per heavy atom. The highest BCUT2D eigenvalue weighted by Crippen LogP contribution is 2.52. The fraction of sp³-hybridized carbons (Fsp3) is 0.106. The molecule has 0 N–H and O–H groups in total. The average Bonchev–Trinajstić information content (AvgIpc) is 3.33. The Kier molecular flexibility index (Phi) is 5.56. The highest BCUT2D eigenvalue weighted by molar-refractivity contribution is 6.22. The van der Waals surface area contributed by atoms with Crippen molar-refractivity contribution in [1.29, 1.82) is 0 Å². The maximum atomic E-state index is 2.48. The van der Waals surface area contributed by atoms with Crippen molar-refractivity contribution in [1.82, 2.24) is 0 Å². The quantitative estimate of drug-likeness (QED) is 0.174. The molecule has 10 rings (SSSR count). The number of fused-ring (bicyclic) bond motifs is 9. The van der Waals surface area contributed by atoms with E-state index in [2.05, 4.69) is 159 Å². The zero-order chi connectivity index (χ0) is 31.3. The normalized spacial score (nSPS) is 14.2. The Labute approximate surface area is 276 Å². The van der Waals surface area contributed by atoms with Crippen LogP contribution in [0.4, 0.5) is 0 Å². The first kappa shape index (κ1) is 26.7. The van der Waals surface area contributed by atoms with Gasteiger partial charge in [0, 0.05) is 5.41 Å². The summed E-state index contributed by atoms with van der Waals surface area (Å²) in [4.78, 5) is 0. The molecule has 2 aliphatic rings. The monoisotopic (exact) mass is 598 g/mol. The molecular formula is C47H34. The van der Waals surface area contributed by atoms with Gasteiger partial charge in [0.25, 0.3) is 0 Å². The highest BCUT2D eigenvalue weighted by atomic mass is 14.4. The smallest absolute Gasteiger partial charge is 0.0159 e. The molecule has 0 heterocycles. The minimum absolute atomic E-state index is 0.0494. The average molecular weight is 599 g/mol. The van der Waals surface area contributed by atoms with Gasteiger partial charge in [-0.2, -0.15) is 0 Å². The SMILES string of the molecule is CC1(C)c2ccc(-c3c4ccccc4c(-c4cccc5c4CCc4ccccc4-5)c4ccccc34)cc2-c2cc3ccccc3cc21. The van der Waals surface area contributed by atoms with Gasteiger partial charge in [0.2, 0.25) is 0 Å². The van der Waals surface area contributed by atoms with E-state index in [1.807, 2.05) is 0 Å². The first-order valence-corrected chi connectivity index (χ1v) is 16.9. The summed E-state index contributed by atoms with van der Waals surface area (Å²) in [5.74, 6) is 0. The molecular weight excluding hydrogens is 565 g/mol. The van der Waals surface area contributed by atoms with Crippen molar-refractivity contribution in [3.63, 3.8) is 0 Å². The van der Waals surface area contributed by atoms with Crippen molar-refractivity contribution < 1.29 is 0 Å². The van der Waals surface area contributed by atoms with Crippen LogP contribution in [0, 0.1) is 0 Å². The third kappa shape index (κ3) is 3.76. The van der Waals surface area contributed by atoms with Gasteiger partial charge < -0.3 is 0 Å². The van der Waals surface area contributed by atoms with Gasteiger partial charge in [-0.15, -0.1) is 0 Å². The number of rotatable bonds is 2. The van der Waals surface area contributed by atoms with Gasteiger partial charge in [0.1, 0.15) is 0 Å². The fourth-order valence-corrected chi connectivity index (χ4v) is 8.93. The molecule has 0 amide bonds. The van der Waals surface area contributed by atoms with Crippen LogP contribution in [0.5, 0.6) is 0 Å². The minimum atomic E-state index is -0.0494. The van der Waals surface area contributed by atoms with Crippen LogP contribution < -0.4 is 0 Å². The number of hydrogen-bond donors (Lipinski definition) is 0. The zero-order valence-corrected chi connectivity index (χ0v) is 26.8. The molecule has 47 heavy (non-hydrogen) atoms. The molecule has 0 aliphatic heterocycles. The predicted octanol–water partition coefficient (Wildman–Crippen LogP) is 12.6. The van der Waals surface area contributed by atoms with E-state index in [1.54, 1.807) is 0 Å². The summed E-state index contributed by atoms with van der Waals surface area (Å²) in [6, 6.07) is 54.9. The fourth-order valence-electron chi connectivity index (χ4n) is 8.93. The molecule has 2 aliphatic carbocycles. The second kappa shape index (κ2) is 9.77. The summed E-state index contributed by atoms with van der Waals surface area (Å²) in [6.07, 6.45) is 2.14. The van der Waals surface area contributed by atoms with Crippen molar-refractivity contribution in [3.05, 3.63) is 168 Å². The van der Waals surface area contributed by atoms with Crippen LogP contribution >= 0.6 is 0 Å². The van der Waals surface area contributed by atoms with Crippen LogP contribution in [0.2, 0.25) is 0 Å². The summed E-state index contributed by atoms with van der Waals surface area (Å²) in [6.45, 7) is 4.76. The van der Waals surface area contributed by atoms with Gasteiger partial charge in [-0.05, 0) is 130 Å². The maximum Gasteiger partial charge on any atom is 0.0159 e. The Balaban J connectivity index is 1.25. The molecule has 8 aromatic rings. The lowest BCUT2D eigenvalue weighted by Gasteiger charge is -2.25. The molecule has 0 fully saturated rings. The molecule has 0 bridgehead atoms. The molecule has 0 nitrogen and oxygen atoms in total. The van der Waals surface area contributed by atoms with Crippen LogP contribution in [0.1, 0.15) is 36.1 Å². The van der Waals surface area contributed by atoms with Gasteiger partial charge in [0.05, 0.1) is 0 Å². The Hall–Kier alpha value is -5.46. The predicted molar refractivity (Wildman–Crippen MR) is 200 cm³/mol. The van der Waals surface area contributed by atoms with E-state index in [1.165, 1.54) is 99.1 Å². The molecule has 0 heteroatoms. The summed E-state index contributed by atoms with van der Waals surface area (Å²) < 4.78 is 0. The number of benzene rings is 8. The summed E-state index contributed by atoms with van der Waals surface area (Å²) in [5, 5.41) is 7.87. The van der Waals surface area contributed by atoms with E-state index in [0.29, 0.717) is 0 Å². The van der Waals surface area contributed by atoms with E-state index >= 15 is 0 Å². The maximum absolute atomic E-state index is 2.48. The first-order valence-electron chi connectivity index (χ1n) is 16.9. The topological polar surface area (TPSA) is 0 Å². The Morgan fingerprint density at radius 3 is 1.72 bits per heavy atom. The number of hydrogen-bond acceptors (Lipinski definition) is 0. The van der Waals surface area contributed by atoms with Gasteiger partial charge in [0.15, 0.2) is 0 Å². The summed E-state index contributed by atoms with van der Waals surface area (Å²) in [7, 11) is 0.